The first-order valence-electron chi connectivity index (χ1n) is 6.08. The molecule has 0 saturated carbocycles. The molecule has 0 aliphatic carbocycles. The van der Waals surface area contributed by atoms with Gasteiger partial charge < -0.3 is 4.57 Å². The largest absolute Gasteiger partial charge is 0.306 e. The molecule has 0 aromatic carbocycles. The van der Waals surface area contributed by atoms with Gasteiger partial charge in [-0.2, -0.15) is 0 Å². The minimum Gasteiger partial charge on any atom is -0.306 e. The SMILES string of the molecule is C/C=C\c1c(C)ncn1/C=C\C.CC.CC. The Morgan fingerprint density at radius 1 is 1.06 bits per heavy atom. The zero-order valence-electron chi connectivity index (χ0n) is 11.8. The summed E-state index contributed by atoms with van der Waals surface area (Å²) in [5, 5.41) is 0. The second-order valence-corrected chi connectivity index (χ2v) is 2.60. The van der Waals surface area contributed by atoms with Gasteiger partial charge in [0.15, 0.2) is 0 Å². The lowest BCUT2D eigenvalue weighted by Gasteiger charge is -1.96. The highest BCUT2D eigenvalue weighted by atomic mass is 15.0. The van der Waals surface area contributed by atoms with E-state index in [9.17, 15) is 0 Å². The van der Waals surface area contributed by atoms with Crippen molar-refractivity contribution in [2.45, 2.75) is 48.5 Å². The molecule has 1 heterocycles. The summed E-state index contributed by atoms with van der Waals surface area (Å²) < 4.78 is 2.01. The summed E-state index contributed by atoms with van der Waals surface area (Å²) >= 11 is 0. The van der Waals surface area contributed by atoms with Crippen LogP contribution in [-0.2, 0) is 0 Å². The van der Waals surface area contributed by atoms with Crippen molar-refractivity contribution in [2.75, 3.05) is 0 Å². The fraction of sp³-hybridized carbons (Fsp3) is 0.500. The first-order chi connectivity index (χ1) is 7.79. The maximum absolute atomic E-state index is 4.21. The van der Waals surface area contributed by atoms with Crippen LogP contribution in [0.5, 0.6) is 0 Å². The fourth-order valence-corrected chi connectivity index (χ4v) is 1.11. The zero-order chi connectivity index (χ0) is 13.0. The lowest BCUT2D eigenvalue weighted by Crippen LogP contribution is -1.87. The molecule has 2 nitrogen and oxygen atoms in total. The fourth-order valence-electron chi connectivity index (χ4n) is 1.11. The number of rotatable bonds is 2. The first kappa shape index (κ1) is 17.1. The smallest absolute Gasteiger partial charge is 0.0995 e. The lowest BCUT2D eigenvalue weighted by atomic mass is 10.3. The van der Waals surface area contributed by atoms with Crippen molar-refractivity contribution in [1.82, 2.24) is 9.55 Å². The third-order valence-corrected chi connectivity index (χ3v) is 1.66. The second-order valence-electron chi connectivity index (χ2n) is 2.60. The van der Waals surface area contributed by atoms with Crippen molar-refractivity contribution in [3.05, 3.63) is 29.9 Å². The molecule has 0 radical (unpaired) electrons. The number of aryl methyl sites for hydroxylation is 1. The molecule has 0 atom stereocenters. The normalized spacial score (nSPS) is 9.69. The predicted octanol–water partition coefficient (Wildman–Crippen LogP) is 4.77. The van der Waals surface area contributed by atoms with E-state index < -0.39 is 0 Å². The van der Waals surface area contributed by atoms with E-state index in [-0.39, 0.29) is 0 Å². The molecular formula is C14H26N2. The van der Waals surface area contributed by atoms with E-state index >= 15 is 0 Å². The van der Waals surface area contributed by atoms with Gasteiger partial charge in [0, 0.05) is 6.20 Å². The van der Waals surface area contributed by atoms with Crippen LogP contribution in [0.25, 0.3) is 12.3 Å². The van der Waals surface area contributed by atoms with Gasteiger partial charge in [-0.25, -0.2) is 4.98 Å². The van der Waals surface area contributed by atoms with Gasteiger partial charge in [-0.3, -0.25) is 0 Å². The van der Waals surface area contributed by atoms with Gasteiger partial charge in [0.1, 0.15) is 0 Å². The van der Waals surface area contributed by atoms with E-state index in [1.165, 1.54) is 0 Å². The summed E-state index contributed by atoms with van der Waals surface area (Å²) in [5.74, 6) is 0. The van der Waals surface area contributed by atoms with E-state index in [1.807, 2.05) is 77.7 Å². The molecular weight excluding hydrogens is 196 g/mol. The van der Waals surface area contributed by atoms with Crippen molar-refractivity contribution < 1.29 is 0 Å². The van der Waals surface area contributed by atoms with E-state index in [0.717, 1.165) is 11.4 Å². The van der Waals surface area contributed by atoms with Crippen LogP contribution in [0.1, 0.15) is 52.9 Å². The third kappa shape index (κ3) is 5.54. The van der Waals surface area contributed by atoms with Gasteiger partial charge in [0.2, 0.25) is 0 Å². The number of aromatic nitrogens is 2. The summed E-state index contributed by atoms with van der Waals surface area (Å²) in [6.07, 6.45) is 9.89. The molecule has 0 aliphatic heterocycles. The van der Waals surface area contributed by atoms with Crippen LogP contribution in [0.15, 0.2) is 18.5 Å². The highest BCUT2D eigenvalue weighted by Gasteiger charge is 1.99. The molecule has 1 aromatic rings. The molecule has 16 heavy (non-hydrogen) atoms. The van der Waals surface area contributed by atoms with Crippen LogP contribution in [0.3, 0.4) is 0 Å². The Kier molecular flexibility index (Phi) is 12.6. The van der Waals surface area contributed by atoms with Crippen molar-refractivity contribution in [3.63, 3.8) is 0 Å². The second kappa shape index (κ2) is 11.8. The first-order valence-corrected chi connectivity index (χ1v) is 6.08. The summed E-state index contributed by atoms with van der Waals surface area (Å²) in [5.41, 5.74) is 2.21. The molecule has 0 aliphatic rings. The average molecular weight is 222 g/mol. The van der Waals surface area contributed by atoms with Crippen LogP contribution in [0, 0.1) is 6.92 Å². The molecule has 1 aromatic heterocycles. The Labute approximate surface area is 101 Å². The Morgan fingerprint density at radius 3 is 2.06 bits per heavy atom. The van der Waals surface area contributed by atoms with Crippen LogP contribution in [0.2, 0.25) is 0 Å². The highest BCUT2D eigenvalue weighted by Crippen LogP contribution is 2.08. The lowest BCUT2D eigenvalue weighted by molar-refractivity contribution is 1.12. The van der Waals surface area contributed by atoms with Gasteiger partial charge >= 0.3 is 0 Å². The van der Waals surface area contributed by atoms with Gasteiger partial charge in [-0.05, 0) is 26.8 Å². The number of nitrogens with zero attached hydrogens (tertiary/aromatic N) is 2. The minimum absolute atomic E-state index is 1.06. The third-order valence-electron chi connectivity index (χ3n) is 1.66. The molecule has 0 bridgehead atoms. The standard InChI is InChI=1S/C10H14N2.2C2H6/c1-4-6-10-9(3)11-8-12(10)7-5-2;2*1-2/h4-8H,1-3H3;2*1-2H3/b6-4-,7-5-;;. The van der Waals surface area contributed by atoms with Crippen molar-refractivity contribution >= 4 is 12.3 Å². The topological polar surface area (TPSA) is 17.8 Å². The van der Waals surface area contributed by atoms with Crippen LogP contribution in [-0.4, -0.2) is 9.55 Å². The number of hydrogen-bond acceptors (Lipinski definition) is 1. The summed E-state index contributed by atoms with van der Waals surface area (Å²) in [6, 6.07) is 0. The summed E-state index contributed by atoms with van der Waals surface area (Å²) in [7, 11) is 0. The molecule has 0 fully saturated rings. The molecule has 2 heteroatoms. The summed E-state index contributed by atoms with van der Waals surface area (Å²) in [4.78, 5) is 4.21. The van der Waals surface area contributed by atoms with Gasteiger partial charge in [0.05, 0.1) is 17.7 Å². The highest BCUT2D eigenvalue weighted by molar-refractivity contribution is 5.51. The molecule has 0 saturated heterocycles. The zero-order valence-corrected chi connectivity index (χ0v) is 11.8. The quantitative estimate of drug-likeness (QED) is 0.705. The average Bonchev–Trinajstić information content (AvgIpc) is 2.68. The maximum Gasteiger partial charge on any atom is 0.0995 e. The van der Waals surface area contributed by atoms with Crippen molar-refractivity contribution in [3.8, 4) is 0 Å². The number of imidazole rings is 1. The van der Waals surface area contributed by atoms with Crippen LogP contribution in [0.4, 0.5) is 0 Å². The van der Waals surface area contributed by atoms with E-state index in [0.29, 0.717) is 0 Å². The molecule has 0 amide bonds. The Bertz CT molecular complexity index is 307. The van der Waals surface area contributed by atoms with Crippen LogP contribution >= 0.6 is 0 Å². The van der Waals surface area contributed by atoms with Crippen LogP contribution < -0.4 is 0 Å². The molecule has 0 N–H and O–H groups in total. The van der Waals surface area contributed by atoms with Crippen molar-refractivity contribution in [1.29, 1.82) is 0 Å². The maximum atomic E-state index is 4.21. The molecule has 0 unspecified atom stereocenters. The Morgan fingerprint density at radius 2 is 1.62 bits per heavy atom. The molecule has 92 valence electrons. The summed E-state index contributed by atoms with van der Waals surface area (Å²) in [6.45, 7) is 14.0. The Hall–Kier alpha value is -1.31. The van der Waals surface area contributed by atoms with E-state index in [4.69, 9.17) is 0 Å². The van der Waals surface area contributed by atoms with Crippen molar-refractivity contribution in [2.24, 2.45) is 0 Å². The number of hydrogen-bond donors (Lipinski definition) is 0. The number of allylic oxidation sites excluding steroid dienone is 2. The molecule has 1 rings (SSSR count). The van der Waals surface area contributed by atoms with Gasteiger partial charge in [-0.15, -0.1) is 0 Å². The predicted molar refractivity (Wildman–Crippen MR) is 75.4 cm³/mol. The van der Waals surface area contributed by atoms with Gasteiger partial charge in [0.25, 0.3) is 0 Å². The van der Waals surface area contributed by atoms with E-state index in [1.54, 1.807) is 0 Å². The molecule has 0 spiro atoms. The van der Waals surface area contributed by atoms with E-state index in [2.05, 4.69) is 11.1 Å². The Balaban J connectivity index is 0. The monoisotopic (exact) mass is 222 g/mol. The van der Waals surface area contributed by atoms with Gasteiger partial charge in [-0.1, -0.05) is 39.8 Å². The minimum atomic E-state index is 1.06.